The first-order chi connectivity index (χ1) is 18.3. The summed E-state index contributed by atoms with van der Waals surface area (Å²) in [7, 11) is 0. The molecule has 0 fully saturated rings. The number of carbonyl (C=O) groups is 2. The number of non-ortho nitro benzene ring substituents is 1. The standard InChI is InChI=1S/C29H26N4O5/c1-20(2)31(27(34)16-13-21-11-14-22(15-12-21)33(36)37)19-28(35)32-24-8-4-3-7-23(24)30-17-5-9-25(30)29(32)26-10-6-18-38-26/h3-18,20,29H,19H2,1-2H3/b16-13+. The van der Waals surface area contributed by atoms with Gasteiger partial charge in [0.2, 0.25) is 11.8 Å². The number of nitro groups is 1. The Balaban J connectivity index is 1.44. The zero-order chi connectivity index (χ0) is 26.8. The highest BCUT2D eigenvalue weighted by Gasteiger charge is 2.38. The van der Waals surface area contributed by atoms with E-state index in [1.165, 1.54) is 23.1 Å². The molecule has 2 aromatic carbocycles. The molecule has 1 atom stereocenters. The fourth-order valence-electron chi connectivity index (χ4n) is 4.68. The lowest BCUT2D eigenvalue weighted by atomic mass is 10.0. The van der Waals surface area contributed by atoms with Crippen LogP contribution in [0.1, 0.15) is 36.9 Å². The van der Waals surface area contributed by atoms with Crippen molar-refractivity contribution in [1.29, 1.82) is 0 Å². The minimum atomic E-state index is -0.498. The van der Waals surface area contributed by atoms with Gasteiger partial charge in [0.1, 0.15) is 18.3 Å². The van der Waals surface area contributed by atoms with Gasteiger partial charge < -0.3 is 13.9 Å². The molecule has 0 saturated heterocycles. The molecule has 0 radical (unpaired) electrons. The highest BCUT2D eigenvalue weighted by Crippen LogP contribution is 2.42. The summed E-state index contributed by atoms with van der Waals surface area (Å²) in [5.74, 6) is 0.0281. The van der Waals surface area contributed by atoms with Crippen LogP contribution in [0.4, 0.5) is 11.4 Å². The number of hydrogen-bond acceptors (Lipinski definition) is 5. The highest BCUT2D eigenvalue weighted by atomic mass is 16.6. The number of benzene rings is 2. The first kappa shape index (κ1) is 24.8. The second-order valence-corrected chi connectivity index (χ2v) is 9.22. The van der Waals surface area contributed by atoms with Crippen LogP contribution in [-0.4, -0.2) is 38.8 Å². The molecule has 0 aliphatic carbocycles. The number of amides is 2. The van der Waals surface area contributed by atoms with Crippen molar-refractivity contribution in [3.63, 3.8) is 0 Å². The van der Waals surface area contributed by atoms with E-state index < -0.39 is 11.0 Å². The van der Waals surface area contributed by atoms with E-state index in [1.807, 2.05) is 67.1 Å². The molecule has 38 heavy (non-hydrogen) atoms. The normalized spacial score (nSPS) is 14.4. The van der Waals surface area contributed by atoms with Crippen LogP contribution >= 0.6 is 0 Å². The van der Waals surface area contributed by atoms with Crippen LogP contribution in [0.5, 0.6) is 0 Å². The van der Waals surface area contributed by atoms with Crippen molar-refractivity contribution >= 4 is 29.3 Å². The maximum atomic E-state index is 14.0. The average Bonchev–Trinajstić information content (AvgIpc) is 3.62. The lowest BCUT2D eigenvalue weighted by molar-refractivity contribution is -0.384. The molecule has 192 valence electrons. The summed E-state index contributed by atoms with van der Waals surface area (Å²) in [4.78, 5) is 40.8. The number of aromatic nitrogens is 1. The number of nitrogens with zero attached hydrogens (tertiary/aromatic N) is 4. The third-order valence-electron chi connectivity index (χ3n) is 6.54. The van der Waals surface area contributed by atoms with E-state index in [-0.39, 0.29) is 30.1 Å². The summed E-state index contributed by atoms with van der Waals surface area (Å²) in [5, 5.41) is 10.9. The SMILES string of the molecule is CC(C)N(CC(=O)N1c2ccccc2-n2cccc2C1c1ccco1)C(=O)/C=C/c1ccc([N+](=O)[O-])cc1. The molecule has 2 aromatic heterocycles. The van der Waals surface area contributed by atoms with Crippen molar-refractivity contribution in [2.24, 2.45) is 0 Å². The van der Waals surface area contributed by atoms with E-state index in [0.717, 1.165) is 17.1 Å². The van der Waals surface area contributed by atoms with Crippen LogP contribution in [0.2, 0.25) is 0 Å². The zero-order valence-electron chi connectivity index (χ0n) is 20.9. The molecule has 9 heteroatoms. The molecule has 1 aliphatic heterocycles. The molecule has 0 N–H and O–H groups in total. The first-order valence-corrected chi connectivity index (χ1v) is 12.2. The van der Waals surface area contributed by atoms with Crippen LogP contribution < -0.4 is 4.90 Å². The summed E-state index contributed by atoms with van der Waals surface area (Å²) >= 11 is 0. The van der Waals surface area contributed by atoms with Gasteiger partial charge in [0.05, 0.1) is 28.3 Å². The predicted molar refractivity (Wildman–Crippen MR) is 143 cm³/mol. The average molecular weight is 511 g/mol. The summed E-state index contributed by atoms with van der Waals surface area (Å²) in [6, 6.07) is 20.3. The molecule has 0 saturated carbocycles. The third kappa shape index (κ3) is 4.61. The van der Waals surface area contributed by atoms with Crippen LogP contribution in [0, 0.1) is 10.1 Å². The molecule has 4 aromatic rings. The topological polar surface area (TPSA) is 102 Å². The number of anilines is 1. The van der Waals surface area contributed by atoms with E-state index in [4.69, 9.17) is 4.42 Å². The monoisotopic (exact) mass is 510 g/mol. The summed E-state index contributed by atoms with van der Waals surface area (Å²) in [6.07, 6.45) is 6.51. The second kappa shape index (κ2) is 10.2. The predicted octanol–water partition coefficient (Wildman–Crippen LogP) is 5.36. The van der Waals surface area contributed by atoms with Gasteiger partial charge in [-0.05, 0) is 74.0 Å². The number of nitro benzene ring substituents is 1. The highest BCUT2D eigenvalue weighted by molar-refractivity contribution is 6.02. The largest absolute Gasteiger partial charge is 0.467 e. The fourth-order valence-corrected chi connectivity index (χ4v) is 4.68. The van der Waals surface area contributed by atoms with Gasteiger partial charge in [0.15, 0.2) is 0 Å². The van der Waals surface area contributed by atoms with Gasteiger partial charge in [0, 0.05) is 30.4 Å². The minimum Gasteiger partial charge on any atom is -0.467 e. The van der Waals surface area contributed by atoms with E-state index in [9.17, 15) is 19.7 Å². The molecule has 0 bridgehead atoms. The Bertz CT molecular complexity index is 1500. The van der Waals surface area contributed by atoms with Gasteiger partial charge in [-0.25, -0.2) is 0 Å². The van der Waals surface area contributed by atoms with Crippen molar-refractivity contribution in [1.82, 2.24) is 9.47 Å². The number of carbonyl (C=O) groups excluding carboxylic acids is 2. The van der Waals surface area contributed by atoms with Gasteiger partial charge in [-0.2, -0.15) is 0 Å². The molecule has 2 amide bonds. The van der Waals surface area contributed by atoms with E-state index >= 15 is 0 Å². The molecule has 1 aliphatic rings. The number of fused-ring (bicyclic) bond motifs is 3. The number of furan rings is 1. The summed E-state index contributed by atoms with van der Waals surface area (Å²) < 4.78 is 7.81. The van der Waals surface area contributed by atoms with Gasteiger partial charge in [-0.15, -0.1) is 0 Å². The van der Waals surface area contributed by atoms with Gasteiger partial charge in [-0.3, -0.25) is 24.6 Å². The van der Waals surface area contributed by atoms with Gasteiger partial charge in [-0.1, -0.05) is 12.1 Å². The van der Waals surface area contributed by atoms with Crippen LogP contribution in [0.15, 0.2) is 95.7 Å². The van der Waals surface area contributed by atoms with E-state index in [0.29, 0.717) is 11.3 Å². The van der Waals surface area contributed by atoms with E-state index in [1.54, 1.807) is 35.4 Å². The molecule has 5 rings (SSSR count). The lowest BCUT2D eigenvalue weighted by Gasteiger charge is -2.38. The third-order valence-corrected chi connectivity index (χ3v) is 6.54. The lowest BCUT2D eigenvalue weighted by Crippen LogP contribution is -2.48. The van der Waals surface area contributed by atoms with Crippen molar-refractivity contribution in [3.8, 4) is 5.69 Å². The maximum absolute atomic E-state index is 14.0. The molecule has 9 nitrogen and oxygen atoms in total. The van der Waals surface area contributed by atoms with Crippen LogP contribution in [0.25, 0.3) is 11.8 Å². The Labute approximate surface area is 219 Å². The van der Waals surface area contributed by atoms with Gasteiger partial charge in [0.25, 0.3) is 5.69 Å². The van der Waals surface area contributed by atoms with E-state index in [2.05, 4.69) is 0 Å². The summed E-state index contributed by atoms with van der Waals surface area (Å²) in [5.41, 5.74) is 3.08. The quantitative estimate of drug-likeness (QED) is 0.189. The first-order valence-electron chi connectivity index (χ1n) is 12.2. The van der Waals surface area contributed by atoms with Crippen LogP contribution in [0.3, 0.4) is 0 Å². The second-order valence-electron chi connectivity index (χ2n) is 9.22. The van der Waals surface area contributed by atoms with Crippen molar-refractivity contribution in [2.45, 2.75) is 25.9 Å². The number of para-hydroxylation sites is 2. The van der Waals surface area contributed by atoms with Crippen molar-refractivity contribution in [3.05, 3.63) is 118 Å². The molecule has 0 spiro atoms. The van der Waals surface area contributed by atoms with Crippen molar-refractivity contribution < 1.29 is 18.9 Å². The Morgan fingerprint density at radius 2 is 1.76 bits per heavy atom. The zero-order valence-corrected chi connectivity index (χ0v) is 20.9. The maximum Gasteiger partial charge on any atom is 0.269 e. The fraction of sp³-hybridized carbons (Fsp3) is 0.172. The molecular formula is C29H26N4O5. The Morgan fingerprint density at radius 3 is 2.42 bits per heavy atom. The Morgan fingerprint density at radius 1 is 1.03 bits per heavy atom. The summed E-state index contributed by atoms with van der Waals surface area (Å²) in [6.45, 7) is 3.56. The van der Waals surface area contributed by atoms with Crippen LogP contribution in [-0.2, 0) is 9.59 Å². The Hall–Kier alpha value is -4.92. The Kier molecular flexibility index (Phi) is 6.66. The van der Waals surface area contributed by atoms with Gasteiger partial charge >= 0.3 is 0 Å². The smallest absolute Gasteiger partial charge is 0.269 e. The van der Waals surface area contributed by atoms with Crippen molar-refractivity contribution in [2.75, 3.05) is 11.4 Å². The number of rotatable bonds is 7. The molecule has 3 heterocycles. The minimum absolute atomic E-state index is 0.0260. The number of hydrogen-bond donors (Lipinski definition) is 0. The molecule has 1 unspecified atom stereocenters. The molecular weight excluding hydrogens is 484 g/mol.